The summed E-state index contributed by atoms with van der Waals surface area (Å²) in [6.07, 6.45) is 5.72. The molecule has 3 N–H and O–H groups in total. The lowest BCUT2D eigenvalue weighted by Gasteiger charge is -2.32. The fourth-order valence-corrected chi connectivity index (χ4v) is 7.38. The molecule has 52 heavy (non-hydrogen) atoms. The molecule has 1 aliphatic carbocycles. The monoisotopic (exact) mass is 705 g/mol. The second-order valence-electron chi connectivity index (χ2n) is 15.3. The van der Waals surface area contributed by atoms with Gasteiger partial charge in [-0.2, -0.15) is 0 Å². The average Bonchev–Trinajstić information content (AvgIpc) is 3.74. The molecule has 2 aliphatic heterocycles. The number of ether oxygens (including phenoxy) is 2. The van der Waals surface area contributed by atoms with Crippen molar-refractivity contribution in [2.75, 3.05) is 39.9 Å². The third kappa shape index (κ3) is 8.35. The van der Waals surface area contributed by atoms with Gasteiger partial charge >= 0.3 is 6.03 Å². The number of amides is 2. The Labute approximate surface area is 306 Å². The first-order valence-electron chi connectivity index (χ1n) is 18.5. The molecule has 3 aliphatic rings. The Hall–Kier alpha value is -4.65. The Kier molecular flexibility index (Phi) is 10.7. The first kappa shape index (κ1) is 35.7. The highest BCUT2D eigenvalue weighted by Crippen LogP contribution is 2.39. The Morgan fingerprint density at radius 2 is 1.81 bits per heavy atom. The summed E-state index contributed by atoms with van der Waals surface area (Å²) in [7, 11) is 2.14. The van der Waals surface area contributed by atoms with Crippen molar-refractivity contribution in [1.29, 1.82) is 5.41 Å². The van der Waals surface area contributed by atoms with E-state index in [0.717, 1.165) is 98.3 Å². The lowest BCUT2D eigenvalue weighted by Crippen LogP contribution is -2.43. The third-order valence-electron chi connectivity index (χ3n) is 10.4. The molecule has 274 valence electrons. The van der Waals surface area contributed by atoms with Crippen molar-refractivity contribution in [3.8, 4) is 5.75 Å². The molecule has 12 heteroatoms. The number of fused-ring (bicyclic) bond motifs is 2. The number of rotatable bonds is 9. The smallest absolute Gasteiger partial charge is 0.320 e. The van der Waals surface area contributed by atoms with Crippen molar-refractivity contribution in [2.24, 2.45) is 10.4 Å². The minimum Gasteiger partial charge on any atom is -0.484 e. The van der Waals surface area contributed by atoms with Gasteiger partial charge in [0.05, 0.1) is 37.2 Å². The summed E-state index contributed by atoms with van der Waals surface area (Å²) in [5.74, 6) is 2.15. The van der Waals surface area contributed by atoms with Gasteiger partial charge in [0.15, 0.2) is 11.5 Å². The molecule has 12 nitrogen and oxygen atoms in total. The molecule has 2 aromatic carbocycles. The number of urea groups is 1. The Morgan fingerprint density at radius 1 is 1.00 bits per heavy atom. The van der Waals surface area contributed by atoms with E-state index in [9.17, 15) is 4.79 Å². The van der Waals surface area contributed by atoms with Crippen molar-refractivity contribution in [2.45, 2.75) is 77.6 Å². The first-order valence-corrected chi connectivity index (χ1v) is 18.5. The summed E-state index contributed by atoms with van der Waals surface area (Å²) in [5, 5.41) is 23.9. The van der Waals surface area contributed by atoms with E-state index in [1.807, 2.05) is 63.4 Å². The number of morpholine rings is 1. The van der Waals surface area contributed by atoms with Gasteiger partial charge in [-0.05, 0) is 85.6 Å². The predicted octanol–water partition coefficient (Wildman–Crippen LogP) is 6.77. The minimum atomic E-state index is -0.359. The van der Waals surface area contributed by atoms with Crippen LogP contribution < -0.4 is 15.4 Å². The van der Waals surface area contributed by atoms with Crippen LogP contribution in [-0.2, 0) is 11.3 Å². The van der Waals surface area contributed by atoms with Gasteiger partial charge in [0.25, 0.3) is 0 Å². The number of pyridine rings is 1. The molecular weight excluding hydrogens is 654 g/mol. The van der Waals surface area contributed by atoms with Crippen LogP contribution in [-0.4, -0.2) is 81.9 Å². The van der Waals surface area contributed by atoms with Gasteiger partial charge in [0.2, 0.25) is 0 Å². The van der Waals surface area contributed by atoms with E-state index in [2.05, 4.69) is 66.3 Å². The molecule has 2 aromatic heterocycles. The van der Waals surface area contributed by atoms with Crippen LogP contribution >= 0.6 is 0 Å². The second-order valence-corrected chi connectivity index (χ2v) is 15.3. The fraction of sp³-hybridized carbons (Fsp3) is 0.475. The standard InChI is InChI=1S/C40H51N9O3/c1-40(2,3)35(41)24-36(42-28-10-7-9-27(23-28)25-48-19-21-51-22-20-48)44-39(50)43-32-15-16-34(31-12-6-5-11-30(31)32)52-29-14-17-37-45-46-38(49(37)26-29)33-13-8-18-47(33)4/h5-7,9-12,14,17,23,26,32-34,41H,8,13,15-16,18-22,24-25H2,1-4H3,(H2,42,43,44,50). The van der Waals surface area contributed by atoms with Crippen LogP contribution in [0.25, 0.3) is 5.65 Å². The maximum Gasteiger partial charge on any atom is 0.320 e. The molecule has 7 rings (SSSR count). The van der Waals surface area contributed by atoms with E-state index in [4.69, 9.17) is 19.9 Å². The van der Waals surface area contributed by atoms with Gasteiger partial charge in [-0.15, -0.1) is 10.2 Å². The molecule has 3 atom stereocenters. The zero-order valence-corrected chi connectivity index (χ0v) is 30.8. The molecule has 4 aromatic rings. The van der Waals surface area contributed by atoms with Crippen molar-refractivity contribution >= 4 is 28.9 Å². The lowest BCUT2D eigenvalue weighted by molar-refractivity contribution is 0.0342. The van der Waals surface area contributed by atoms with Crippen LogP contribution in [0.3, 0.4) is 0 Å². The number of nitrogens with zero attached hydrogens (tertiary/aromatic N) is 6. The van der Waals surface area contributed by atoms with Gasteiger partial charge in [0.1, 0.15) is 17.7 Å². The Bertz CT molecular complexity index is 1930. The summed E-state index contributed by atoms with van der Waals surface area (Å²) in [6.45, 7) is 11.2. The quantitative estimate of drug-likeness (QED) is 0.129. The van der Waals surface area contributed by atoms with Crippen LogP contribution in [0.5, 0.6) is 5.75 Å². The number of nitrogens with one attached hydrogen (secondary N) is 3. The zero-order chi connectivity index (χ0) is 36.2. The SMILES string of the molecule is CN1CCCC1c1nnc2ccc(OC3CCC(NC(=O)NC(CC(=N)C(C)(C)C)=Nc4cccc(CN5CCOCC5)c4)c4ccccc43)cn12. The molecule has 2 amide bonds. The molecule has 2 fully saturated rings. The van der Waals surface area contributed by atoms with E-state index in [-0.39, 0.29) is 36.1 Å². The van der Waals surface area contributed by atoms with Crippen LogP contribution in [0.15, 0.2) is 71.9 Å². The molecule has 0 bridgehead atoms. The summed E-state index contributed by atoms with van der Waals surface area (Å²) in [4.78, 5) is 23.3. The number of benzene rings is 2. The van der Waals surface area contributed by atoms with Gasteiger partial charge < -0.3 is 20.2 Å². The lowest BCUT2D eigenvalue weighted by atomic mass is 9.85. The maximum absolute atomic E-state index is 13.7. The molecular formula is C40H51N9O3. The van der Waals surface area contributed by atoms with E-state index in [0.29, 0.717) is 18.0 Å². The van der Waals surface area contributed by atoms with E-state index >= 15 is 0 Å². The highest BCUT2D eigenvalue weighted by molar-refractivity contribution is 6.09. The van der Waals surface area contributed by atoms with Crippen molar-refractivity contribution in [3.63, 3.8) is 0 Å². The Morgan fingerprint density at radius 3 is 2.58 bits per heavy atom. The third-order valence-corrected chi connectivity index (χ3v) is 10.4. The first-order chi connectivity index (χ1) is 25.1. The van der Waals surface area contributed by atoms with Gasteiger partial charge in [-0.25, -0.2) is 9.79 Å². The van der Waals surface area contributed by atoms with E-state index in [1.165, 1.54) is 0 Å². The molecule has 3 unspecified atom stereocenters. The van der Waals surface area contributed by atoms with Crippen LogP contribution in [0.4, 0.5) is 10.5 Å². The van der Waals surface area contributed by atoms with Crippen LogP contribution in [0.2, 0.25) is 0 Å². The molecule has 4 heterocycles. The highest BCUT2D eigenvalue weighted by atomic mass is 16.5. The Balaban J connectivity index is 1.06. The van der Waals surface area contributed by atoms with Crippen molar-refractivity contribution < 1.29 is 14.3 Å². The maximum atomic E-state index is 13.7. The predicted molar refractivity (Wildman–Crippen MR) is 202 cm³/mol. The van der Waals surface area contributed by atoms with Crippen LogP contribution in [0, 0.1) is 10.8 Å². The van der Waals surface area contributed by atoms with Crippen molar-refractivity contribution in [1.82, 2.24) is 35.0 Å². The molecule has 2 saturated heterocycles. The van der Waals surface area contributed by atoms with E-state index in [1.54, 1.807) is 0 Å². The average molecular weight is 706 g/mol. The number of hydrogen-bond acceptors (Lipinski definition) is 9. The highest BCUT2D eigenvalue weighted by Gasteiger charge is 2.31. The molecule has 0 radical (unpaired) electrons. The number of carbonyl (C=O) groups excluding carboxylic acids is 1. The number of hydrogen-bond donors (Lipinski definition) is 3. The van der Waals surface area contributed by atoms with E-state index < -0.39 is 0 Å². The second kappa shape index (κ2) is 15.5. The topological polar surface area (TPSA) is 132 Å². The number of amidine groups is 1. The molecule has 0 spiro atoms. The van der Waals surface area contributed by atoms with Gasteiger partial charge in [-0.3, -0.25) is 19.5 Å². The zero-order valence-electron chi connectivity index (χ0n) is 30.8. The number of likely N-dealkylation sites (tertiary alicyclic amines) is 1. The fourth-order valence-electron chi connectivity index (χ4n) is 7.38. The molecule has 0 saturated carbocycles. The van der Waals surface area contributed by atoms with Crippen molar-refractivity contribution in [3.05, 3.63) is 89.4 Å². The van der Waals surface area contributed by atoms with Gasteiger partial charge in [0, 0.05) is 31.8 Å². The normalized spacial score (nSPS) is 21.5. The number of aliphatic imine (C=N–C) groups is 1. The minimum absolute atomic E-state index is 0.169. The number of carbonyl (C=O) groups is 1. The summed E-state index contributed by atoms with van der Waals surface area (Å²) in [5.41, 5.74) is 4.93. The summed E-state index contributed by atoms with van der Waals surface area (Å²) < 4.78 is 14.2. The number of aromatic nitrogens is 3. The summed E-state index contributed by atoms with van der Waals surface area (Å²) in [6, 6.07) is 19.9. The van der Waals surface area contributed by atoms with Crippen LogP contribution in [0.1, 0.15) is 93.6 Å². The largest absolute Gasteiger partial charge is 0.484 e. The van der Waals surface area contributed by atoms with Gasteiger partial charge in [-0.1, -0.05) is 57.2 Å². The summed E-state index contributed by atoms with van der Waals surface area (Å²) >= 11 is 0.